The molecule has 1 amide bonds. The fourth-order valence-corrected chi connectivity index (χ4v) is 2.52. The Bertz CT molecular complexity index is 878. The maximum atomic E-state index is 10.9. The van der Waals surface area contributed by atoms with Crippen LogP contribution in [0.15, 0.2) is 36.7 Å². The number of hydrogen-bond donors (Lipinski definition) is 2. The summed E-state index contributed by atoms with van der Waals surface area (Å²) in [7, 11) is 0. The molecule has 0 aliphatic heterocycles. The number of nitrogens with one attached hydrogen (secondary N) is 1. The molecule has 0 radical (unpaired) electrons. The second kappa shape index (κ2) is 5.61. The van der Waals surface area contributed by atoms with Gasteiger partial charge in [-0.15, -0.1) is 0 Å². The van der Waals surface area contributed by atoms with Crippen molar-refractivity contribution in [3.05, 3.63) is 52.8 Å². The summed E-state index contributed by atoms with van der Waals surface area (Å²) in [5.74, 6) is -0.510. The number of hydrogen-bond acceptors (Lipinski definition) is 3. The van der Waals surface area contributed by atoms with Crippen LogP contribution in [0.25, 0.3) is 28.5 Å². The molecular formula is C16H13ClN4O. The number of aryl methyl sites for hydroxylation is 1. The van der Waals surface area contributed by atoms with Crippen LogP contribution < -0.4 is 5.73 Å². The van der Waals surface area contributed by atoms with E-state index in [1.807, 2.05) is 25.1 Å². The summed E-state index contributed by atoms with van der Waals surface area (Å²) < 4.78 is 0. The van der Waals surface area contributed by atoms with Crippen LogP contribution in [0.4, 0.5) is 0 Å². The van der Waals surface area contributed by atoms with Crippen molar-refractivity contribution in [2.45, 2.75) is 6.92 Å². The van der Waals surface area contributed by atoms with E-state index in [1.54, 1.807) is 18.5 Å². The molecule has 3 N–H and O–H groups in total. The summed E-state index contributed by atoms with van der Waals surface area (Å²) in [4.78, 5) is 22.8. The molecule has 0 aliphatic rings. The molecule has 5 nitrogen and oxygen atoms in total. The van der Waals surface area contributed by atoms with Crippen molar-refractivity contribution in [1.29, 1.82) is 0 Å². The van der Waals surface area contributed by atoms with E-state index in [0.717, 1.165) is 16.7 Å². The number of amides is 1. The van der Waals surface area contributed by atoms with Crippen molar-refractivity contribution >= 4 is 34.7 Å². The van der Waals surface area contributed by atoms with Gasteiger partial charge in [0.2, 0.25) is 5.91 Å². The lowest BCUT2D eigenvalue weighted by atomic mass is 10.1. The third-order valence-electron chi connectivity index (χ3n) is 3.18. The van der Waals surface area contributed by atoms with Crippen LogP contribution in [0.1, 0.15) is 11.1 Å². The molecule has 0 atom stereocenters. The van der Waals surface area contributed by atoms with Crippen LogP contribution in [0.2, 0.25) is 5.02 Å². The highest BCUT2D eigenvalue weighted by Crippen LogP contribution is 2.25. The number of primary amides is 1. The van der Waals surface area contributed by atoms with Crippen LogP contribution >= 0.6 is 11.6 Å². The average Bonchev–Trinajstić information content (AvgIpc) is 2.86. The van der Waals surface area contributed by atoms with Crippen molar-refractivity contribution in [2.24, 2.45) is 5.73 Å². The summed E-state index contributed by atoms with van der Waals surface area (Å²) in [5, 5.41) is 0.653. The first-order chi connectivity index (χ1) is 10.5. The van der Waals surface area contributed by atoms with Gasteiger partial charge >= 0.3 is 0 Å². The molecule has 0 saturated heterocycles. The van der Waals surface area contributed by atoms with Gasteiger partial charge in [0.1, 0.15) is 5.52 Å². The number of aromatic amines is 1. The zero-order valence-electron chi connectivity index (χ0n) is 11.8. The van der Waals surface area contributed by atoms with Crippen molar-refractivity contribution in [3.8, 4) is 11.3 Å². The molecule has 0 saturated carbocycles. The van der Waals surface area contributed by atoms with Crippen molar-refractivity contribution < 1.29 is 4.79 Å². The molecule has 0 aliphatic carbocycles. The molecular weight excluding hydrogens is 300 g/mol. The first kappa shape index (κ1) is 14.3. The Labute approximate surface area is 131 Å². The molecule has 3 aromatic rings. The molecule has 1 aromatic carbocycles. The van der Waals surface area contributed by atoms with Crippen molar-refractivity contribution in [1.82, 2.24) is 15.0 Å². The van der Waals surface area contributed by atoms with E-state index in [2.05, 4.69) is 15.0 Å². The Kier molecular flexibility index (Phi) is 3.65. The predicted molar refractivity (Wildman–Crippen MR) is 87.3 cm³/mol. The van der Waals surface area contributed by atoms with E-state index in [0.29, 0.717) is 21.9 Å². The van der Waals surface area contributed by atoms with Gasteiger partial charge < -0.3 is 10.7 Å². The van der Waals surface area contributed by atoms with E-state index in [-0.39, 0.29) is 0 Å². The van der Waals surface area contributed by atoms with E-state index < -0.39 is 5.91 Å². The van der Waals surface area contributed by atoms with Crippen LogP contribution in [0.5, 0.6) is 0 Å². The second-order valence-electron chi connectivity index (χ2n) is 4.95. The van der Waals surface area contributed by atoms with E-state index >= 15 is 0 Å². The number of nitrogens with zero attached hydrogens (tertiary/aromatic N) is 2. The maximum absolute atomic E-state index is 10.9. The summed E-state index contributed by atoms with van der Waals surface area (Å²) in [6.07, 6.45) is 6.33. The van der Waals surface area contributed by atoms with Gasteiger partial charge in [0.25, 0.3) is 0 Å². The van der Waals surface area contributed by atoms with Gasteiger partial charge in [-0.1, -0.05) is 11.6 Å². The lowest BCUT2D eigenvalue weighted by Gasteiger charge is -2.03. The first-order valence-electron chi connectivity index (χ1n) is 6.62. The number of nitrogens with two attached hydrogens (primary N) is 1. The van der Waals surface area contributed by atoms with Gasteiger partial charge in [0.15, 0.2) is 5.65 Å². The Hall–Kier alpha value is -2.66. The summed E-state index contributed by atoms with van der Waals surface area (Å²) in [5.41, 5.74) is 9.85. The Balaban J connectivity index is 2.12. The van der Waals surface area contributed by atoms with Crippen LogP contribution in [-0.4, -0.2) is 20.9 Å². The smallest absolute Gasteiger partial charge is 0.241 e. The summed E-state index contributed by atoms with van der Waals surface area (Å²) >= 11 is 6.10. The summed E-state index contributed by atoms with van der Waals surface area (Å²) in [6, 6.07) is 5.72. The zero-order chi connectivity index (χ0) is 15.7. The molecule has 22 heavy (non-hydrogen) atoms. The molecule has 0 bridgehead atoms. The molecule has 0 fully saturated rings. The van der Waals surface area contributed by atoms with Gasteiger partial charge in [-0.05, 0) is 36.8 Å². The molecule has 110 valence electrons. The number of carbonyl (C=O) groups is 1. The van der Waals surface area contributed by atoms with E-state index in [1.165, 1.54) is 6.08 Å². The topological polar surface area (TPSA) is 84.7 Å². The minimum Gasteiger partial charge on any atom is -0.366 e. The van der Waals surface area contributed by atoms with Gasteiger partial charge in [-0.25, -0.2) is 9.97 Å². The van der Waals surface area contributed by atoms with Crippen LogP contribution in [0.3, 0.4) is 0 Å². The van der Waals surface area contributed by atoms with Gasteiger partial charge in [0, 0.05) is 28.4 Å². The number of rotatable bonds is 3. The Morgan fingerprint density at radius 3 is 2.91 bits per heavy atom. The molecule has 0 spiro atoms. The van der Waals surface area contributed by atoms with Gasteiger partial charge in [0.05, 0.1) is 11.9 Å². The highest BCUT2D eigenvalue weighted by molar-refractivity contribution is 6.30. The molecule has 3 rings (SSSR count). The number of halogens is 1. The maximum Gasteiger partial charge on any atom is 0.241 e. The number of H-pyrrole nitrogens is 1. The molecule has 2 heterocycles. The fourth-order valence-electron chi connectivity index (χ4n) is 2.23. The lowest BCUT2D eigenvalue weighted by molar-refractivity contribution is -0.113. The standard InChI is InChI=1S/C16H13ClN4O/c1-9-4-11(6-12(17)5-9)13-8-20-16-15(21-13)10(7-19-16)2-3-14(18)22/h2-8H,1H3,(H2,18,22)(H,19,20)/b3-2+. The predicted octanol–water partition coefficient (Wildman–Crippen LogP) is 3.09. The number of fused-ring (bicyclic) bond motifs is 1. The molecule has 2 aromatic heterocycles. The third kappa shape index (κ3) is 2.84. The van der Waals surface area contributed by atoms with Crippen LogP contribution in [-0.2, 0) is 4.79 Å². The summed E-state index contributed by atoms with van der Waals surface area (Å²) in [6.45, 7) is 1.97. The molecule has 6 heteroatoms. The average molecular weight is 313 g/mol. The number of aromatic nitrogens is 3. The van der Waals surface area contributed by atoms with Gasteiger partial charge in [-0.3, -0.25) is 4.79 Å². The Morgan fingerprint density at radius 2 is 2.18 bits per heavy atom. The second-order valence-corrected chi connectivity index (χ2v) is 5.39. The minimum atomic E-state index is -0.510. The van der Waals surface area contributed by atoms with Crippen LogP contribution in [0, 0.1) is 6.92 Å². The normalized spacial score (nSPS) is 11.4. The quantitative estimate of drug-likeness (QED) is 0.729. The SMILES string of the molecule is Cc1cc(Cl)cc(-c2cnc3[nH]cc(/C=C/C(N)=O)c3n2)c1. The number of benzene rings is 1. The van der Waals surface area contributed by atoms with E-state index in [9.17, 15) is 4.79 Å². The zero-order valence-corrected chi connectivity index (χ0v) is 12.6. The fraction of sp³-hybridized carbons (Fsp3) is 0.0625. The van der Waals surface area contributed by atoms with Gasteiger partial charge in [-0.2, -0.15) is 0 Å². The Morgan fingerprint density at radius 1 is 1.36 bits per heavy atom. The molecule has 0 unspecified atom stereocenters. The number of carbonyl (C=O) groups excluding carboxylic acids is 1. The third-order valence-corrected chi connectivity index (χ3v) is 3.39. The highest BCUT2D eigenvalue weighted by atomic mass is 35.5. The van der Waals surface area contributed by atoms with Crippen molar-refractivity contribution in [3.63, 3.8) is 0 Å². The van der Waals surface area contributed by atoms with Crippen molar-refractivity contribution in [2.75, 3.05) is 0 Å². The van der Waals surface area contributed by atoms with E-state index in [4.69, 9.17) is 17.3 Å². The highest BCUT2D eigenvalue weighted by Gasteiger charge is 2.08. The largest absolute Gasteiger partial charge is 0.366 e. The first-order valence-corrected chi connectivity index (χ1v) is 7.00. The minimum absolute atomic E-state index is 0.510. The lowest BCUT2D eigenvalue weighted by Crippen LogP contribution is -2.05. The monoisotopic (exact) mass is 312 g/mol.